The van der Waals surface area contributed by atoms with E-state index in [4.69, 9.17) is 14.5 Å². The van der Waals surface area contributed by atoms with Crippen LogP contribution < -0.4 is 10.7 Å². The van der Waals surface area contributed by atoms with Crippen LogP contribution in [0.25, 0.3) is 28.1 Å². The van der Waals surface area contributed by atoms with Gasteiger partial charge in [-0.05, 0) is 111 Å². The molecule has 4 heterocycles. The number of aromatic nitrogens is 1. The Morgan fingerprint density at radius 2 is 1.86 bits per heavy atom. The lowest BCUT2D eigenvalue weighted by Crippen LogP contribution is -2.62. The van der Waals surface area contributed by atoms with Crippen molar-refractivity contribution in [3.8, 4) is 11.1 Å². The van der Waals surface area contributed by atoms with Crippen molar-refractivity contribution in [2.45, 2.75) is 118 Å². The third-order valence-corrected chi connectivity index (χ3v) is 13.0. The van der Waals surface area contributed by atoms with E-state index < -0.39 is 29.5 Å². The van der Waals surface area contributed by atoms with Crippen LogP contribution in [0.2, 0.25) is 0 Å². The Labute approximate surface area is 380 Å². The number of benzene rings is 2. The van der Waals surface area contributed by atoms with Gasteiger partial charge in [-0.2, -0.15) is 0 Å². The van der Waals surface area contributed by atoms with Crippen LogP contribution in [0.3, 0.4) is 0 Å². The number of carbonyl (C=O) groups excluding carboxylic acids is 4. The maximum absolute atomic E-state index is 14.7. The third-order valence-electron chi connectivity index (χ3n) is 13.0. The molecule has 2 aromatic carbocycles. The van der Waals surface area contributed by atoms with Gasteiger partial charge < -0.3 is 24.3 Å². The van der Waals surface area contributed by atoms with Crippen molar-refractivity contribution >= 4 is 46.9 Å². The molecule has 6 rings (SSSR count). The topological polar surface area (TPSA) is 138 Å². The molecule has 2 N–H and O–H groups in total. The average molecular weight is 878 g/mol. The fourth-order valence-corrected chi connectivity index (χ4v) is 9.65. The summed E-state index contributed by atoms with van der Waals surface area (Å²) in [6.45, 7) is 21.3. The summed E-state index contributed by atoms with van der Waals surface area (Å²) in [6, 6.07) is 12.6. The van der Waals surface area contributed by atoms with E-state index in [1.165, 1.54) is 11.1 Å². The number of hydrogen-bond donors (Lipinski definition) is 2. The molecule has 0 spiro atoms. The van der Waals surface area contributed by atoms with Crippen molar-refractivity contribution < 1.29 is 28.7 Å². The van der Waals surface area contributed by atoms with E-state index in [0.717, 1.165) is 63.9 Å². The predicted octanol–water partition coefficient (Wildman–Crippen LogP) is 6.82. The Kier molecular flexibility index (Phi) is 16.1. The van der Waals surface area contributed by atoms with Gasteiger partial charge in [-0.3, -0.25) is 34.1 Å². The number of nitrogens with zero attached hydrogens (tertiary/aromatic N) is 5. The second-order valence-corrected chi connectivity index (χ2v) is 19.0. The summed E-state index contributed by atoms with van der Waals surface area (Å²) in [5.74, 6) is -0.901. The smallest absolute Gasteiger partial charge is 0.324 e. The van der Waals surface area contributed by atoms with Crippen LogP contribution in [0.4, 0.5) is 0 Å². The van der Waals surface area contributed by atoms with E-state index in [0.29, 0.717) is 45.4 Å². The molecule has 3 amide bonds. The van der Waals surface area contributed by atoms with Crippen LogP contribution >= 0.6 is 0 Å². The summed E-state index contributed by atoms with van der Waals surface area (Å²) in [4.78, 5) is 64.0. The Morgan fingerprint density at radius 1 is 1.09 bits per heavy atom. The highest BCUT2D eigenvalue weighted by Gasteiger charge is 2.38. The van der Waals surface area contributed by atoms with Crippen molar-refractivity contribution in [1.82, 2.24) is 30.1 Å². The number of amides is 3. The van der Waals surface area contributed by atoms with Gasteiger partial charge in [0.05, 0.1) is 24.4 Å². The number of likely N-dealkylation sites (N-methyl/N-ethyl adjacent to an activating group) is 1. The highest BCUT2D eigenvalue weighted by Crippen LogP contribution is 2.37. The van der Waals surface area contributed by atoms with Crippen LogP contribution in [-0.2, 0) is 48.0 Å². The minimum Gasteiger partial charge on any atom is -0.464 e. The quantitative estimate of drug-likeness (QED) is 0.109. The maximum atomic E-state index is 14.7. The van der Waals surface area contributed by atoms with E-state index >= 15 is 0 Å². The van der Waals surface area contributed by atoms with Crippen molar-refractivity contribution in [2.24, 2.45) is 22.2 Å². The van der Waals surface area contributed by atoms with Gasteiger partial charge in [0, 0.05) is 74.5 Å². The molecular weight excluding hydrogens is 807 g/mol. The summed E-state index contributed by atoms with van der Waals surface area (Å²) in [5.41, 5.74) is 9.75. The first-order valence-corrected chi connectivity index (χ1v) is 23.2. The van der Waals surface area contributed by atoms with Crippen molar-refractivity contribution in [1.29, 1.82) is 0 Å². The number of aliphatic imine (C=N–C) groups is 1. The van der Waals surface area contributed by atoms with Gasteiger partial charge in [0.15, 0.2) is 0 Å². The number of ether oxygens (including phenoxy) is 2. The first kappa shape index (κ1) is 48.3. The van der Waals surface area contributed by atoms with E-state index in [1.54, 1.807) is 12.0 Å². The zero-order valence-corrected chi connectivity index (χ0v) is 39.6. The predicted molar refractivity (Wildman–Crippen MR) is 254 cm³/mol. The summed E-state index contributed by atoms with van der Waals surface area (Å²) in [6.07, 6.45) is 8.78. The van der Waals surface area contributed by atoms with Gasteiger partial charge in [-0.25, -0.2) is 5.43 Å². The number of fused-ring (bicyclic) bond motifs is 6. The number of methoxy groups -OCH3 is 1. The Morgan fingerprint density at radius 3 is 2.56 bits per heavy atom. The second-order valence-electron chi connectivity index (χ2n) is 19.0. The summed E-state index contributed by atoms with van der Waals surface area (Å²) in [7, 11) is 3.64. The minimum absolute atomic E-state index is 0.0658. The number of rotatable bonds is 13. The minimum atomic E-state index is -0.925. The Hall–Kier alpha value is -5.11. The molecular formula is C51H71N7O6. The molecule has 0 radical (unpaired) electrons. The van der Waals surface area contributed by atoms with E-state index in [1.807, 2.05) is 46.2 Å². The number of likely N-dealkylation sites (tertiary alicyclic amines) is 1. The molecule has 0 aliphatic carbocycles. The van der Waals surface area contributed by atoms with Crippen molar-refractivity contribution in [2.75, 3.05) is 46.9 Å². The normalized spacial score (nSPS) is 21.9. The fraction of sp³-hybridized carbons (Fsp3) is 0.549. The molecule has 1 aromatic heterocycles. The van der Waals surface area contributed by atoms with Gasteiger partial charge in [0.25, 0.3) is 5.91 Å². The largest absolute Gasteiger partial charge is 0.464 e. The highest BCUT2D eigenvalue weighted by atomic mass is 16.5. The first-order valence-electron chi connectivity index (χ1n) is 23.2. The molecule has 2 saturated heterocycles. The lowest BCUT2D eigenvalue weighted by molar-refractivity contribution is -0.155. The monoisotopic (exact) mass is 878 g/mol. The molecule has 3 aliphatic rings. The summed E-state index contributed by atoms with van der Waals surface area (Å²) >= 11 is 0. The Bertz CT molecular complexity index is 2240. The van der Waals surface area contributed by atoms with Gasteiger partial charge in [0.2, 0.25) is 11.8 Å². The van der Waals surface area contributed by atoms with Crippen LogP contribution in [0.5, 0.6) is 0 Å². The lowest BCUT2D eigenvalue weighted by Gasteiger charge is -2.37. The van der Waals surface area contributed by atoms with Gasteiger partial charge in [-0.1, -0.05) is 71.5 Å². The number of aryl methyl sites for hydroxylation is 1. The third kappa shape index (κ3) is 11.2. The summed E-state index contributed by atoms with van der Waals surface area (Å²) < 4.78 is 14.2. The standard InChI is InChI=1S/C51H71N7O6/c1-11-22-52-42(34(6)63-10)28-45-40-29-51(7,8)32-64-50(62)41-18-15-23-58(54-41)49(61)43(26-35-16-14-17-37(25-35)38-19-20-44(39(40)27-38)57(45)13-3)53-48(60)47(33(4)5)55(9)30-36-21-24-56(31-36)46(59)12-2/h12,14,16-17,19-20,22,25,27-28,33-34,36,41,43,47,54H,2,11,13,15,18,21,23-24,26,29-32H2,1,3-10H3,(H,53,60)/b42-28+,52-22-/t34-,36?,41-,43-,47-/m0/s1. The molecule has 2 fully saturated rings. The van der Waals surface area contributed by atoms with E-state index in [-0.39, 0.29) is 48.7 Å². The average Bonchev–Trinajstić information content (AvgIpc) is 3.86. The van der Waals surface area contributed by atoms with Crippen LogP contribution in [0, 0.1) is 17.3 Å². The number of carbonyl (C=O) groups is 4. The SMILES string of the molecule is C=CC(=O)N1CCC(CN(C)[C@H](C(=O)N[C@H]2Cc3cccc(c3)-c3ccc4c(c3)c(c(/C=C(/N=C\CC)[C@H](C)OC)n4CC)CC(C)(C)COC(=O)[C@@H]3CCCN(N3)C2=O)C(C)C)C1. The summed E-state index contributed by atoms with van der Waals surface area (Å²) in [5, 5.41) is 5.79. The van der Waals surface area contributed by atoms with Crippen molar-refractivity contribution in [3.05, 3.63) is 77.6 Å². The molecule has 6 bridgehead atoms. The lowest BCUT2D eigenvalue weighted by atomic mass is 9.85. The first-order chi connectivity index (χ1) is 30.6. The van der Waals surface area contributed by atoms with Gasteiger partial charge in [-0.15, -0.1) is 0 Å². The van der Waals surface area contributed by atoms with Crippen LogP contribution in [-0.4, -0.2) is 120 Å². The van der Waals surface area contributed by atoms with Crippen molar-refractivity contribution in [3.63, 3.8) is 0 Å². The van der Waals surface area contributed by atoms with Gasteiger partial charge >= 0.3 is 5.97 Å². The molecule has 13 heteroatoms. The number of nitrogens with one attached hydrogen (secondary N) is 2. The number of cyclic esters (lactones) is 1. The van der Waals surface area contributed by atoms with Crippen LogP contribution in [0.1, 0.15) is 91.0 Å². The second kappa shape index (κ2) is 21.3. The molecule has 13 nitrogen and oxygen atoms in total. The zero-order chi connectivity index (χ0) is 46.3. The van der Waals surface area contributed by atoms with Crippen LogP contribution in [0.15, 0.2) is 65.8 Å². The zero-order valence-electron chi connectivity index (χ0n) is 39.6. The molecule has 3 aromatic rings. The maximum Gasteiger partial charge on any atom is 0.324 e. The number of hydrogen-bond acceptors (Lipinski definition) is 9. The fourth-order valence-electron chi connectivity index (χ4n) is 9.65. The molecule has 1 unspecified atom stereocenters. The highest BCUT2D eigenvalue weighted by molar-refractivity contribution is 5.93. The molecule has 346 valence electrons. The van der Waals surface area contributed by atoms with Gasteiger partial charge in [0.1, 0.15) is 12.1 Å². The number of esters is 1. The molecule has 0 saturated carbocycles. The Balaban J connectivity index is 1.41. The number of hydrazine groups is 1. The molecule has 3 aliphatic heterocycles. The van der Waals surface area contributed by atoms with E-state index in [2.05, 4.69) is 90.9 Å². The molecule has 5 atom stereocenters. The van der Waals surface area contributed by atoms with E-state index in [9.17, 15) is 19.2 Å². The molecule has 64 heavy (non-hydrogen) atoms.